The molecule has 0 bridgehead atoms. The molecule has 0 unspecified atom stereocenters. The number of urea groups is 1. The van der Waals surface area contributed by atoms with Crippen LogP contribution in [0, 0.1) is 5.92 Å². The number of amides is 6. The minimum absolute atomic E-state index is 0.0631. The Hall–Kier alpha value is -3.43. The van der Waals surface area contributed by atoms with Crippen LogP contribution in [0.1, 0.15) is 58.4 Å². The van der Waals surface area contributed by atoms with E-state index in [0.29, 0.717) is 35.9 Å². The predicted octanol–water partition coefficient (Wildman–Crippen LogP) is 1.48. The zero-order chi connectivity index (χ0) is 30.8. The average molecular weight is 689 g/mol. The van der Waals surface area contributed by atoms with E-state index in [-0.39, 0.29) is 43.7 Å². The molecule has 1 aromatic carbocycles. The van der Waals surface area contributed by atoms with Gasteiger partial charge in [-0.1, -0.05) is 48.6 Å². The van der Waals surface area contributed by atoms with Gasteiger partial charge in [0.15, 0.2) is 0 Å². The first-order chi connectivity index (χ1) is 19.4. The predicted molar refractivity (Wildman–Crippen MR) is 162 cm³/mol. The molecule has 0 aromatic heterocycles. The Morgan fingerprint density at radius 3 is 2.12 bits per heavy atom. The van der Waals surface area contributed by atoms with Crippen molar-refractivity contribution in [3.8, 4) is 0 Å². The summed E-state index contributed by atoms with van der Waals surface area (Å²) in [6.07, 6.45) is 1.91. The lowest BCUT2D eigenvalue weighted by molar-refractivity contribution is -0.142. The molecule has 0 radical (unpaired) electrons. The second kappa shape index (κ2) is 19.6. The third kappa shape index (κ3) is 15.8. The maximum absolute atomic E-state index is 13.2. The van der Waals surface area contributed by atoms with Crippen molar-refractivity contribution >= 4 is 63.9 Å². The molecule has 0 aliphatic carbocycles. The number of hydrogen-bond acceptors (Lipinski definition) is 7. The summed E-state index contributed by atoms with van der Waals surface area (Å²) < 4.78 is 5.33. The summed E-state index contributed by atoms with van der Waals surface area (Å²) in [6.45, 7) is 5.67. The van der Waals surface area contributed by atoms with Gasteiger partial charge in [0.2, 0.25) is 23.6 Å². The number of esters is 1. The molecule has 0 aliphatic rings. The first-order valence-corrected chi connectivity index (χ1v) is 14.9. The fourth-order valence-corrected chi connectivity index (χ4v) is 3.88. The molecule has 0 heterocycles. The lowest BCUT2D eigenvalue weighted by Crippen LogP contribution is -2.54. The first-order valence-electron chi connectivity index (χ1n) is 13.4. The molecule has 0 saturated carbocycles. The van der Waals surface area contributed by atoms with Crippen molar-refractivity contribution in [1.82, 2.24) is 21.3 Å². The molecule has 0 aliphatic heterocycles. The number of nitrogens with one attached hydrogen (secondary N) is 5. The Balaban J connectivity index is 2.81. The van der Waals surface area contributed by atoms with Crippen LogP contribution in [0.3, 0.4) is 0 Å². The van der Waals surface area contributed by atoms with Crippen molar-refractivity contribution in [3.05, 3.63) is 29.8 Å². The van der Waals surface area contributed by atoms with Gasteiger partial charge in [0.05, 0.1) is 4.43 Å². The summed E-state index contributed by atoms with van der Waals surface area (Å²) in [5.41, 5.74) is 6.32. The molecule has 13 nitrogen and oxygen atoms in total. The van der Waals surface area contributed by atoms with Gasteiger partial charge in [-0.2, -0.15) is 0 Å². The van der Waals surface area contributed by atoms with Crippen LogP contribution in [0.25, 0.3) is 0 Å². The van der Waals surface area contributed by atoms with E-state index in [1.165, 1.54) is 6.92 Å². The number of rotatable bonds is 18. The normalized spacial score (nSPS) is 12.0. The van der Waals surface area contributed by atoms with Gasteiger partial charge in [-0.25, -0.2) is 4.79 Å². The molecule has 41 heavy (non-hydrogen) atoms. The number of alkyl halides is 1. The number of halogens is 1. The van der Waals surface area contributed by atoms with E-state index in [2.05, 4.69) is 26.6 Å². The monoisotopic (exact) mass is 688 g/mol. The summed E-state index contributed by atoms with van der Waals surface area (Å²) in [4.78, 5) is 72.2. The largest absolute Gasteiger partial charge is 0.461 e. The smallest absolute Gasteiger partial charge is 0.312 e. The summed E-state index contributed by atoms with van der Waals surface area (Å²) in [5, 5.41) is 13.4. The standard InChI is InChI=1S/C27H41IN6O7/c1-17(2)24(34-22(36)8-4-5-13-30-23(37)15-28)26(39)33-21(7-6-14-31-27(29)40)25(38)32-20-11-9-19(10-12-20)16-41-18(3)35/h9-12,17,21,24H,4-8,13-16H2,1-3H3,(H,30,37)(H,32,38)(H,33,39)(H,34,36)(H3,29,31,40)/t21-,24-/m0/s1. The minimum atomic E-state index is -0.961. The highest BCUT2D eigenvalue weighted by molar-refractivity contribution is 14.1. The molecule has 14 heteroatoms. The number of primary amides is 1. The van der Waals surface area contributed by atoms with Crippen molar-refractivity contribution in [2.45, 2.75) is 71.6 Å². The van der Waals surface area contributed by atoms with Crippen LogP contribution >= 0.6 is 22.6 Å². The Labute approximate surface area is 254 Å². The van der Waals surface area contributed by atoms with E-state index in [1.54, 1.807) is 38.1 Å². The molecule has 1 rings (SSSR count). The quantitative estimate of drug-likeness (QED) is 0.0581. The highest BCUT2D eigenvalue weighted by Gasteiger charge is 2.28. The maximum Gasteiger partial charge on any atom is 0.312 e. The fraction of sp³-hybridized carbons (Fsp3) is 0.556. The summed E-state index contributed by atoms with van der Waals surface area (Å²) in [7, 11) is 0. The molecular weight excluding hydrogens is 647 g/mol. The van der Waals surface area contributed by atoms with Crippen molar-refractivity contribution in [3.63, 3.8) is 0 Å². The van der Waals surface area contributed by atoms with Gasteiger partial charge in [0, 0.05) is 32.1 Å². The molecular formula is C27H41IN6O7. The Morgan fingerprint density at radius 1 is 0.878 bits per heavy atom. The zero-order valence-electron chi connectivity index (χ0n) is 23.7. The summed E-state index contributed by atoms with van der Waals surface area (Å²) >= 11 is 1.97. The molecule has 0 spiro atoms. The Morgan fingerprint density at radius 2 is 1.54 bits per heavy atom. The van der Waals surface area contributed by atoms with Gasteiger partial charge in [0.1, 0.15) is 18.7 Å². The fourth-order valence-electron chi connectivity index (χ4n) is 3.61. The number of hydrogen-bond donors (Lipinski definition) is 6. The van der Waals surface area contributed by atoms with E-state index in [1.807, 2.05) is 22.6 Å². The highest BCUT2D eigenvalue weighted by Crippen LogP contribution is 2.13. The van der Waals surface area contributed by atoms with E-state index in [4.69, 9.17) is 10.5 Å². The molecule has 228 valence electrons. The zero-order valence-corrected chi connectivity index (χ0v) is 25.9. The average Bonchev–Trinajstić information content (AvgIpc) is 2.92. The van der Waals surface area contributed by atoms with Gasteiger partial charge in [-0.05, 0) is 49.3 Å². The Bertz CT molecular complexity index is 1040. The third-order valence-corrected chi connectivity index (χ3v) is 6.50. The second-order valence-electron chi connectivity index (χ2n) is 9.69. The minimum Gasteiger partial charge on any atom is -0.461 e. The Kier molecular flexibility index (Phi) is 17.0. The van der Waals surface area contributed by atoms with Crippen LogP contribution in [0.2, 0.25) is 0 Å². The number of benzene rings is 1. The van der Waals surface area contributed by atoms with Gasteiger partial charge in [0.25, 0.3) is 0 Å². The number of unbranched alkanes of at least 4 members (excludes halogenated alkanes) is 1. The number of anilines is 1. The second-order valence-corrected chi connectivity index (χ2v) is 10.5. The summed E-state index contributed by atoms with van der Waals surface area (Å²) in [6, 6.07) is 4.16. The van der Waals surface area contributed by atoms with E-state index >= 15 is 0 Å². The van der Waals surface area contributed by atoms with Crippen molar-refractivity contribution < 1.29 is 33.5 Å². The van der Waals surface area contributed by atoms with Crippen molar-refractivity contribution in [2.75, 3.05) is 22.8 Å². The number of ether oxygens (including phenoxy) is 1. The van der Waals surface area contributed by atoms with Crippen molar-refractivity contribution in [2.24, 2.45) is 11.7 Å². The topological polar surface area (TPSA) is 198 Å². The third-order valence-electron chi connectivity index (χ3n) is 5.81. The first kappa shape index (κ1) is 35.6. The SMILES string of the molecule is CC(=O)OCc1ccc(NC(=O)[C@H](CCCNC(N)=O)NC(=O)[C@@H](NC(=O)CCCCNC(=O)CI)C(C)C)cc1. The van der Waals surface area contributed by atoms with Gasteiger partial charge >= 0.3 is 12.0 Å². The molecule has 0 saturated heterocycles. The number of nitrogens with two attached hydrogens (primary N) is 1. The van der Waals surface area contributed by atoms with Crippen LogP contribution in [-0.2, 0) is 35.3 Å². The van der Waals surface area contributed by atoms with Crippen molar-refractivity contribution in [1.29, 1.82) is 0 Å². The molecule has 6 amide bonds. The van der Waals surface area contributed by atoms with E-state index in [0.717, 1.165) is 5.56 Å². The molecule has 1 aromatic rings. The van der Waals surface area contributed by atoms with E-state index < -0.39 is 35.9 Å². The molecule has 2 atom stereocenters. The van der Waals surface area contributed by atoms with Gasteiger partial charge < -0.3 is 37.1 Å². The molecule has 0 fully saturated rings. The van der Waals surface area contributed by atoms with Gasteiger partial charge in [-0.3, -0.25) is 24.0 Å². The lowest BCUT2D eigenvalue weighted by Gasteiger charge is -2.25. The van der Waals surface area contributed by atoms with Crippen LogP contribution in [0.15, 0.2) is 24.3 Å². The van der Waals surface area contributed by atoms with Crippen LogP contribution in [-0.4, -0.2) is 65.2 Å². The molecule has 7 N–H and O–H groups in total. The lowest BCUT2D eigenvalue weighted by atomic mass is 10.0. The van der Waals surface area contributed by atoms with Crippen LogP contribution in [0.4, 0.5) is 10.5 Å². The van der Waals surface area contributed by atoms with E-state index in [9.17, 15) is 28.8 Å². The highest BCUT2D eigenvalue weighted by atomic mass is 127. The van der Waals surface area contributed by atoms with Crippen LogP contribution in [0.5, 0.6) is 0 Å². The van der Waals surface area contributed by atoms with Gasteiger partial charge in [-0.15, -0.1) is 0 Å². The number of carbonyl (C=O) groups excluding carboxylic acids is 6. The van der Waals surface area contributed by atoms with Crippen LogP contribution < -0.4 is 32.3 Å². The number of carbonyl (C=O) groups is 6. The maximum atomic E-state index is 13.2. The summed E-state index contributed by atoms with van der Waals surface area (Å²) in [5.74, 6) is -2.02.